The second-order valence-electron chi connectivity index (χ2n) is 7.78. The lowest BCUT2D eigenvalue weighted by atomic mass is 9.91. The predicted molar refractivity (Wildman–Crippen MR) is 104 cm³/mol. The van der Waals surface area contributed by atoms with Crippen LogP contribution in [0, 0.1) is 0 Å². The molecule has 0 amide bonds. The largest absolute Gasteiger partial charge is 0.381 e. The zero-order valence-electron chi connectivity index (χ0n) is 16.2. The van der Waals surface area contributed by atoms with Crippen molar-refractivity contribution in [2.24, 2.45) is 7.05 Å². The van der Waals surface area contributed by atoms with E-state index in [1.807, 2.05) is 11.6 Å². The number of anilines is 1. The number of imidazole rings is 1. The summed E-state index contributed by atoms with van der Waals surface area (Å²) in [7, 11) is 1.89. The summed E-state index contributed by atoms with van der Waals surface area (Å²) in [5.41, 5.74) is 0.336. The van der Waals surface area contributed by atoms with E-state index in [4.69, 9.17) is 21.3 Å². The Morgan fingerprint density at radius 3 is 2.59 bits per heavy atom. The number of hydrogen-bond donors (Lipinski definition) is 1. The highest BCUT2D eigenvalue weighted by molar-refractivity contribution is 6.28. The number of aromatic nitrogens is 4. The van der Waals surface area contributed by atoms with Crippen molar-refractivity contribution < 1.29 is 9.84 Å². The average Bonchev–Trinajstić information content (AvgIpc) is 2.99. The molecule has 4 heterocycles. The predicted octanol–water partition coefficient (Wildman–Crippen LogP) is 1.55. The van der Waals surface area contributed by atoms with Crippen molar-refractivity contribution in [2.75, 3.05) is 44.3 Å². The van der Waals surface area contributed by atoms with Gasteiger partial charge in [-0.2, -0.15) is 9.97 Å². The molecule has 4 rings (SSSR count). The van der Waals surface area contributed by atoms with Crippen LogP contribution in [0.25, 0.3) is 11.2 Å². The van der Waals surface area contributed by atoms with Gasteiger partial charge in [0.15, 0.2) is 17.0 Å². The number of nitrogens with zero attached hydrogens (tertiary/aromatic N) is 6. The fourth-order valence-electron chi connectivity index (χ4n) is 4.12. The van der Waals surface area contributed by atoms with Crippen molar-refractivity contribution in [2.45, 2.75) is 38.3 Å². The number of piperidine rings is 1. The van der Waals surface area contributed by atoms with Crippen LogP contribution in [0.1, 0.15) is 32.5 Å². The van der Waals surface area contributed by atoms with Crippen LogP contribution in [0.5, 0.6) is 0 Å². The van der Waals surface area contributed by atoms with Gasteiger partial charge in [-0.15, -0.1) is 0 Å². The van der Waals surface area contributed by atoms with Gasteiger partial charge in [-0.25, -0.2) is 4.98 Å². The first-order valence-electron chi connectivity index (χ1n) is 9.58. The van der Waals surface area contributed by atoms with E-state index >= 15 is 0 Å². The minimum Gasteiger partial charge on any atom is -0.381 e. The van der Waals surface area contributed by atoms with Crippen molar-refractivity contribution in [3.8, 4) is 0 Å². The molecule has 2 aliphatic rings. The smallest absolute Gasteiger partial charge is 0.226 e. The van der Waals surface area contributed by atoms with Crippen LogP contribution in [0.4, 0.5) is 5.82 Å². The molecule has 1 unspecified atom stereocenters. The quantitative estimate of drug-likeness (QED) is 0.791. The summed E-state index contributed by atoms with van der Waals surface area (Å²) in [6.45, 7) is 8.64. The van der Waals surface area contributed by atoms with Gasteiger partial charge in [-0.3, -0.25) is 4.90 Å². The maximum absolute atomic E-state index is 11.5. The van der Waals surface area contributed by atoms with E-state index in [1.165, 1.54) is 0 Å². The van der Waals surface area contributed by atoms with E-state index in [0.717, 1.165) is 31.9 Å². The molecule has 27 heavy (non-hydrogen) atoms. The third-order valence-corrected chi connectivity index (χ3v) is 5.80. The molecule has 9 heteroatoms. The fourth-order valence-corrected chi connectivity index (χ4v) is 4.28. The minimum absolute atomic E-state index is 0.193. The van der Waals surface area contributed by atoms with Crippen LogP contribution in [0.2, 0.25) is 5.28 Å². The Morgan fingerprint density at radius 1 is 1.15 bits per heavy atom. The zero-order valence-corrected chi connectivity index (χ0v) is 16.9. The van der Waals surface area contributed by atoms with Crippen molar-refractivity contribution >= 4 is 28.6 Å². The second kappa shape index (κ2) is 7.16. The molecule has 2 aliphatic heterocycles. The van der Waals surface area contributed by atoms with Gasteiger partial charge in [0.05, 0.1) is 13.2 Å². The molecule has 8 nitrogen and oxygen atoms in total. The third-order valence-electron chi connectivity index (χ3n) is 5.63. The Balaban J connectivity index is 1.79. The summed E-state index contributed by atoms with van der Waals surface area (Å²) in [4.78, 5) is 18.1. The average molecular weight is 395 g/mol. The lowest BCUT2D eigenvalue weighted by Crippen LogP contribution is -2.49. The van der Waals surface area contributed by atoms with E-state index in [0.29, 0.717) is 49.2 Å². The van der Waals surface area contributed by atoms with E-state index in [9.17, 15) is 5.11 Å². The molecular weight excluding hydrogens is 368 g/mol. The molecule has 0 radical (unpaired) electrons. The van der Waals surface area contributed by atoms with Crippen LogP contribution in [-0.4, -0.2) is 75.0 Å². The fraction of sp³-hybridized carbons (Fsp3) is 0.722. The number of ether oxygens (including phenoxy) is 1. The lowest BCUT2D eigenvalue weighted by molar-refractivity contribution is -0.0523. The summed E-state index contributed by atoms with van der Waals surface area (Å²) in [5.74, 6) is 1.35. The highest BCUT2D eigenvalue weighted by Crippen LogP contribution is 2.35. The van der Waals surface area contributed by atoms with E-state index in [-0.39, 0.29) is 5.28 Å². The van der Waals surface area contributed by atoms with Crippen molar-refractivity contribution in [1.82, 2.24) is 24.4 Å². The maximum Gasteiger partial charge on any atom is 0.226 e. The molecule has 0 bridgehead atoms. The maximum atomic E-state index is 11.5. The number of halogens is 1. The van der Waals surface area contributed by atoms with Gasteiger partial charge in [0.2, 0.25) is 5.28 Å². The zero-order chi connectivity index (χ0) is 19.2. The molecule has 0 saturated carbocycles. The Bertz CT molecular complexity index is 835. The van der Waals surface area contributed by atoms with Crippen LogP contribution >= 0.6 is 11.6 Å². The van der Waals surface area contributed by atoms with Crippen molar-refractivity contribution in [3.05, 3.63) is 11.1 Å². The van der Waals surface area contributed by atoms with Gasteiger partial charge in [-0.1, -0.05) is 0 Å². The molecule has 148 valence electrons. The van der Waals surface area contributed by atoms with Gasteiger partial charge in [0.25, 0.3) is 0 Å². The Morgan fingerprint density at radius 2 is 1.89 bits per heavy atom. The Kier molecular flexibility index (Phi) is 5.00. The SMILES string of the molecule is CC(C)N1CCCC(O)(c2nc3c(N4CCOCC4)nc(Cl)nc3n2C)C1. The van der Waals surface area contributed by atoms with Crippen LogP contribution in [-0.2, 0) is 17.4 Å². The van der Waals surface area contributed by atoms with Gasteiger partial charge < -0.3 is 19.3 Å². The number of likely N-dealkylation sites (tertiary alicyclic amines) is 1. The topological polar surface area (TPSA) is 79.5 Å². The van der Waals surface area contributed by atoms with Gasteiger partial charge >= 0.3 is 0 Å². The summed E-state index contributed by atoms with van der Waals surface area (Å²) >= 11 is 6.22. The van der Waals surface area contributed by atoms with Crippen LogP contribution < -0.4 is 4.90 Å². The number of β-amino-alcohol motifs (C(OH)–C–C–N with tert-alkyl or cyclic N) is 1. The number of morpholine rings is 1. The Hall–Kier alpha value is -1.48. The summed E-state index contributed by atoms with van der Waals surface area (Å²) < 4.78 is 7.32. The molecule has 0 spiro atoms. The van der Waals surface area contributed by atoms with Crippen molar-refractivity contribution in [3.63, 3.8) is 0 Å². The lowest BCUT2D eigenvalue weighted by Gasteiger charge is -2.40. The number of aryl methyl sites for hydroxylation is 1. The first kappa shape index (κ1) is 18.9. The van der Waals surface area contributed by atoms with Crippen molar-refractivity contribution in [1.29, 1.82) is 0 Å². The van der Waals surface area contributed by atoms with Gasteiger partial charge in [0, 0.05) is 32.7 Å². The normalized spacial score (nSPS) is 24.9. The molecule has 2 aromatic heterocycles. The number of aliphatic hydroxyl groups is 1. The Labute approximate surface area is 164 Å². The molecule has 2 aromatic rings. The van der Waals surface area contributed by atoms with E-state index in [2.05, 4.69) is 33.6 Å². The molecule has 1 N–H and O–H groups in total. The number of fused-ring (bicyclic) bond motifs is 1. The number of rotatable bonds is 3. The monoisotopic (exact) mass is 394 g/mol. The van der Waals surface area contributed by atoms with Gasteiger partial charge in [0.1, 0.15) is 11.4 Å². The van der Waals surface area contributed by atoms with E-state index in [1.54, 1.807) is 0 Å². The van der Waals surface area contributed by atoms with Gasteiger partial charge in [-0.05, 0) is 44.8 Å². The standard InChI is InChI=1S/C18H27ClN6O2/c1-12(2)25-6-4-5-18(26,11-25)16-20-13-14(23(16)3)21-17(19)22-15(13)24-7-9-27-10-8-24/h12,26H,4-11H2,1-3H3. The minimum atomic E-state index is -1.01. The molecule has 2 saturated heterocycles. The molecular formula is C18H27ClN6O2. The van der Waals surface area contributed by atoms with Crippen LogP contribution in [0.15, 0.2) is 0 Å². The number of hydrogen-bond acceptors (Lipinski definition) is 7. The molecule has 2 fully saturated rings. The summed E-state index contributed by atoms with van der Waals surface area (Å²) in [6, 6.07) is 0.379. The van der Waals surface area contributed by atoms with E-state index < -0.39 is 5.60 Å². The summed E-state index contributed by atoms with van der Waals surface area (Å²) in [6.07, 6.45) is 1.61. The molecule has 0 aromatic carbocycles. The first-order valence-corrected chi connectivity index (χ1v) is 9.96. The van der Waals surface area contributed by atoms with Crippen LogP contribution in [0.3, 0.4) is 0 Å². The first-order chi connectivity index (χ1) is 12.9. The highest BCUT2D eigenvalue weighted by Gasteiger charge is 2.40. The molecule has 0 aliphatic carbocycles. The highest BCUT2D eigenvalue weighted by atomic mass is 35.5. The second-order valence-corrected chi connectivity index (χ2v) is 8.12. The summed E-state index contributed by atoms with van der Waals surface area (Å²) in [5, 5.41) is 11.7. The third kappa shape index (κ3) is 3.40. The molecule has 1 atom stereocenters.